The van der Waals surface area contributed by atoms with Crippen LogP contribution in [0.2, 0.25) is 0 Å². The molecule has 0 aliphatic heterocycles. The van der Waals surface area contributed by atoms with E-state index in [1.54, 1.807) is 12.1 Å². The molecule has 118 valence electrons. The van der Waals surface area contributed by atoms with E-state index in [0.29, 0.717) is 12.3 Å². The Hall–Kier alpha value is -1.66. The van der Waals surface area contributed by atoms with Gasteiger partial charge >= 0.3 is 0 Å². The summed E-state index contributed by atoms with van der Waals surface area (Å²) in [6.45, 7) is 5.09. The second-order valence-electron chi connectivity index (χ2n) is 4.79. The predicted octanol–water partition coefficient (Wildman–Crippen LogP) is 2.90. The van der Waals surface area contributed by atoms with E-state index in [0.717, 1.165) is 44.6 Å². The number of nitro benzene ring substituents is 1. The average Bonchev–Trinajstić information content (AvgIpc) is 2.49. The number of nitro groups is 1. The van der Waals surface area contributed by atoms with E-state index in [1.165, 1.54) is 13.2 Å². The molecule has 0 aliphatic rings. The highest BCUT2D eigenvalue weighted by molar-refractivity contribution is 5.42. The molecule has 0 heterocycles. The Kier molecular flexibility index (Phi) is 8.38. The lowest BCUT2D eigenvalue weighted by Crippen LogP contribution is -2.16. The summed E-state index contributed by atoms with van der Waals surface area (Å²) in [7, 11) is 1.50. The van der Waals surface area contributed by atoms with Gasteiger partial charge in [0.15, 0.2) is 0 Å². The highest BCUT2D eigenvalue weighted by Gasteiger charge is 2.09. The van der Waals surface area contributed by atoms with Gasteiger partial charge in [0.05, 0.1) is 18.1 Å². The van der Waals surface area contributed by atoms with E-state index >= 15 is 0 Å². The smallest absolute Gasteiger partial charge is 0.273 e. The lowest BCUT2D eigenvalue weighted by Gasteiger charge is -2.07. The Morgan fingerprint density at radius 1 is 1.24 bits per heavy atom. The molecule has 1 rings (SSSR count). The van der Waals surface area contributed by atoms with Crippen LogP contribution in [0.3, 0.4) is 0 Å². The molecule has 0 fully saturated rings. The number of hydrogen-bond acceptors (Lipinski definition) is 5. The Morgan fingerprint density at radius 2 is 2.00 bits per heavy atom. The number of hydrogen-bond donors (Lipinski definition) is 1. The van der Waals surface area contributed by atoms with Crippen LogP contribution < -0.4 is 10.1 Å². The molecular weight excluding hydrogens is 272 g/mol. The van der Waals surface area contributed by atoms with Crippen molar-refractivity contribution in [3.63, 3.8) is 0 Å². The van der Waals surface area contributed by atoms with Crippen molar-refractivity contribution in [2.24, 2.45) is 0 Å². The Balaban J connectivity index is 2.31. The zero-order valence-electron chi connectivity index (χ0n) is 12.8. The molecule has 0 saturated carbocycles. The first-order chi connectivity index (χ1) is 10.2. The van der Waals surface area contributed by atoms with Gasteiger partial charge in [0.2, 0.25) is 0 Å². The maximum absolute atomic E-state index is 10.8. The maximum Gasteiger partial charge on any atom is 0.273 e. The van der Waals surface area contributed by atoms with Gasteiger partial charge in [-0.1, -0.05) is 13.3 Å². The number of nitrogens with zero attached hydrogens (tertiary/aromatic N) is 1. The monoisotopic (exact) mass is 296 g/mol. The summed E-state index contributed by atoms with van der Waals surface area (Å²) >= 11 is 0. The quantitative estimate of drug-likeness (QED) is 0.386. The minimum absolute atomic E-state index is 0.0500. The lowest BCUT2D eigenvalue weighted by atomic mass is 10.2. The fourth-order valence-corrected chi connectivity index (χ4v) is 1.85. The molecule has 0 radical (unpaired) electrons. The van der Waals surface area contributed by atoms with Gasteiger partial charge in [-0.05, 0) is 31.0 Å². The first kappa shape index (κ1) is 17.4. The van der Waals surface area contributed by atoms with E-state index in [1.807, 2.05) is 0 Å². The SMILES string of the molecule is CCCCOCCCNCc1cc(OC)cc([N+](=O)[O-])c1. The lowest BCUT2D eigenvalue weighted by molar-refractivity contribution is -0.385. The van der Waals surface area contributed by atoms with Gasteiger partial charge in [-0.25, -0.2) is 0 Å². The molecule has 0 amide bonds. The van der Waals surface area contributed by atoms with Crippen molar-refractivity contribution in [3.8, 4) is 5.75 Å². The van der Waals surface area contributed by atoms with Crippen molar-refractivity contribution >= 4 is 5.69 Å². The number of unbranched alkanes of at least 4 members (excludes halogenated alkanes) is 1. The zero-order chi connectivity index (χ0) is 15.5. The van der Waals surface area contributed by atoms with E-state index < -0.39 is 4.92 Å². The number of benzene rings is 1. The summed E-state index contributed by atoms with van der Waals surface area (Å²) in [5.74, 6) is 0.504. The van der Waals surface area contributed by atoms with Crippen LogP contribution in [0.5, 0.6) is 5.75 Å². The summed E-state index contributed by atoms with van der Waals surface area (Å²) in [6.07, 6.45) is 3.17. The topological polar surface area (TPSA) is 73.6 Å². The first-order valence-corrected chi connectivity index (χ1v) is 7.28. The number of ether oxygens (including phenoxy) is 2. The molecule has 0 spiro atoms. The summed E-state index contributed by atoms with van der Waals surface area (Å²) in [5, 5.41) is 14.1. The standard InChI is InChI=1S/C15H24N2O4/c1-3-4-7-21-8-5-6-16-12-13-9-14(17(18)19)11-15(10-13)20-2/h9-11,16H,3-8,12H2,1-2H3. The van der Waals surface area contributed by atoms with Crippen LogP contribution in [0, 0.1) is 10.1 Å². The molecule has 1 aromatic carbocycles. The van der Waals surface area contributed by atoms with Crippen LogP contribution in [-0.4, -0.2) is 31.8 Å². The maximum atomic E-state index is 10.8. The van der Waals surface area contributed by atoms with Crippen molar-refractivity contribution in [2.75, 3.05) is 26.9 Å². The van der Waals surface area contributed by atoms with Gasteiger partial charge < -0.3 is 14.8 Å². The Labute approximate surface area is 125 Å². The minimum Gasteiger partial charge on any atom is -0.496 e. The molecule has 1 N–H and O–H groups in total. The molecular formula is C15H24N2O4. The normalized spacial score (nSPS) is 10.6. The minimum atomic E-state index is -0.409. The zero-order valence-corrected chi connectivity index (χ0v) is 12.8. The second-order valence-corrected chi connectivity index (χ2v) is 4.79. The number of rotatable bonds is 11. The van der Waals surface area contributed by atoms with Crippen molar-refractivity contribution < 1.29 is 14.4 Å². The van der Waals surface area contributed by atoms with Gasteiger partial charge in [-0.3, -0.25) is 10.1 Å². The van der Waals surface area contributed by atoms with Crippen LogP contribution in [0.4, 0.5) is 5.69 Å². The van der Waals surface area contributed by atoms with Crippen molar-refractivity contribution in [1.82, 2.24) is 5.32 Å². The third kappa shape index (κ3) is 7.06. The summed E-state index contributed by atoms with van der Waals surface area (Å²) in [6, 6.07) is 4.79. The molecule has 6 heteroatoms. The van der Waals surface area contributed by atoms with Crippen molar-refractivity contribution in [2.45, 2.75) is 32.7 Å². The Morgan fingerprint density at radius 3 is 2.67 bits per heavy atom. The third-order valence-electron chi connectivity index (χ3n) is 3.01. The summed E-state index contributed by atoms with van der Waals surface area (Å²) < 4.78 is 10.5. The molecule has 21 heavy (non-hydrogen) atoms. The van der Waals surface area contributed by atoms with Crippen LogP contribution in [0.25, 0.3) is 0 Å². The van der Waals surface area contributed by atoms with E-state index in [9.17, 15) is 10.1 Å². The van der Waals surface area contributed by atoms with E-state index in [4.69, 9.17) is 9.47 Å². The van der Waals surface area contributed by atoms with Crippen molar-refractivity contribution in [1.29, 1.82) is 0 Å². The number of nitrogens with one attached hydrogen (secondary N) is 1. The number of methoxy groups -OCH3 is 1. The molecule has 0 saturated heterocycles. The third-order valence-corrected chi connectivity index (χ3v) is 3.01. The Bertz CT molecular complexity index is 438. The molecule has 1 aromatic rings. The average molecular weight is 296 g/mol. The highest BCUT2D eigenvalue weighted by Crippen LogP contribution is 2.22. The largest absolute Gasteiger partial charge is 0.496 e. The highest BCUT2D eigenvalue weighted by atomic mass is 16.6. The van der Waals surface area contributed by atoms with Crippen LogP contribution >= 0.6 is 0 Å². The molecule has 6 nitrogen and oxygen atoms in total. The summed E-state index contributed by atoms with van der Waals surface area (Å²) in [5.41, 5.74) is 0.891. The second kappa shape index (κ2) is 10.1. The van der Waals surface area contributed by atoms with E-state index in [-0.39, 0.29) is 5.69 Å². The molecule has 0 unspecified atom stereocenters. The van der Waals surface area contributed by atoms with Gasteiger partial charge in [-0.2, -0.15) is 0 Å². The molecule has 0 bridgehead atoms. The first-order valence-electron chi connectivity index (χ1n) is 7.28. The molecule has 0 aromatic heterocycles. The number of non-ortho nitro benzene ring substituents is 1. The van der Waals surface area contributed by atoms with Gasteiger partial charge in [0, 0.05) is 25.8 Å². The fraction of sp³-hybridized carbons (Fsp3) is 0.600. The van der Waals surface area contributed by atoms with E-state index in [2.05, 4.69) is 12.2 Å². The van der Waals surface area contributed by atoms with Crippen molar-refractivity contribution in [3.05, 3.63) is 33.9 Å². The summed E-state index contributed by atoms with van der Waals surface area (Å²) in [4.78, 5) is 10.4. The molecule has 0 aliphatic carbocycles. The fourth-order valence-electron chi connectivity index (χ4n) is 1.85. The van der Waals surface area contributed by atoms with Gasteiger partial charge in [0.25, 0.3) is 5.69 Å². The van der Waals surface area contributed by atoms with Crippen LogP contribution in [-0.2, 0) is 11.3 Å². The van der Waals surface area contributed by atoms with Gasteiger partial charge in [0.1, 0.15) is 5.75 Å². The predicted molar refractivity (Wildman–Crippen MR) is 81.7 cm³/mol. The van der Waals surface area contributed by atoms with Crippen LogP contribution in [0.15, 0.2) is 18.2 Å². The molecule has 0 atom stereocenters. The van der Waals surface area contributed by atoms with Gasteiger partial charge in [-0.15, -0.1) is 0 Å². The van der Waals surface area contributed by atoms with Crippen LogP contribution in [0.1, 0.15) is 31.7 Å².